The zero-order chi connectivity index (χ0) is 21.7. The molecule has 7 heteroatoms. The molecule has 0 spiro atoms. The number of thiazole rings is 1. The molecular formula is C22H38F3NOSSn. The Balaban J connectivity index is 2.53. The first kappa shape index (κ1) is 25.4. The normalized spacial score (nSPS) is 23.1. The van der Waals surface area contributed by atoms with E-state index < -0.39 is 35.8 Å². The monoisotopic (exact) mass is 541 g/mol. The molecule has 29 heavy (non-hydrogen) atoms. The average Bonchev–Trinajstić information content (AvgIpc) is 3.25. The summed E-state index contributed by atoms with van der Waals surface area (Å²) >= 11 is -1.84. The van der Waals surface area contributed by atoms with Crippen LogP contribution in [0.15, 0.2) is 0 Å². The van der Waals surface area contributed by atoms with E-state index in [1.165, 1.54) is 11.3 Å². The number of rotatable bonds is 11. The standard InChI is InChI=1S/C10H11F3NOS.3C4H9.Sn/c1-9(15)3-2-6(4-9)8-14-7(5-16-8)10(11,12)13;3*1-3-4-2;/h6,15H,2-4H2,1H3;3*1,3-4H2,2H3;. The Kier molecular flexibility index (Phi) is 9.36. The Morgan fingerprint density at radius 1 is 1.07 bits per heavy atom. The van der Waals surface area contributed by atoms with E-state index in [0.29, 0.717) is 20.7 Å². The number of nitrogens with zero attached hydrogens (tertiary/aromatic N) is 1. The van der Waals surface area contributed by atoms with Crippen LogP contribution in [0.1, 0.15) is 102 Å². The fourth-order valence-electron chi connectivity index (χ4n) is 4.75. The summed E-state index contributed by atoms with van der Waals surface area (Å²) in [6.07, 6.45) is 3.74. The molecule has 1 N–H and O–H groups in total. The number of hydrogen-bond acceptors (Lipinski definition) is 3. The van der Waals surface area contributed by atoms with Crippen LogP contribution in [0.3, 0.4) is 0 Å². The van der Waals surface area contributed by atoms with Crippen LogP contribution in [0.2, 0.25) is 13.3 Å². The molecule has 168 valence electrons. The predicted molar refractivity (Wildman–Crippen MR) is 119 cm³/mol. The van der Waals surface area contributed by atoms with Gasteiger partial charge in [0.15, 0.2) is 0 Å². The Bertz CT molecular complexity index is 623. The molecule has 1 aliphatic rings. The number of aromatic nitrogens is 1. The van der Waals surface area contributed by atoms with Crippen LogP contribution >= 0.6 is 11.3 Å². The molecular weight excluding hydrogens is 502 g/mol. The molecule has 0 saturated heterocycles. The zero-order valence-electron chi connectivity index (χ0n) is 18.5. The fraction of sp³-hybridized carbons (Fsp3) is 0.864. The quantitative estimate of drug-likeness (QED) is 0.301. The van der Waals surface area contributed by atoms with Gasteiger partial charge in [-0.1, -0.05) is 0 Å². The Morgan fingerprint density at radius 3 is 1.97 bits per heavy atom. The second-order valence-electron chi connectivity index (χ2n) is 9.26. The van der Waals surface area contributed by atoms with Gasteiger partial charge >= 0.3 is 183 Å². The molecule has 0 bridgehead atoms. The molecule has 1 aromatic rings. The Labute approximate surface area is 182 Å². The van der Waals surface area contributed by atoms with Gasteiger partial charge in [0.1, 0.15) is 0 Å². The van der Waals surface area contributed by atoms with E-state index in [-0.39, 0.29) is 5.92 Å². The third kappa shape index (κ3) is 6.58. The molecule has 1 fully saturated rings. The SMILES string of the molecule is CCC[CH2][Sn]([CH2]CCC)([CH2]CCC)[c]1sc(C2CCC(C)(O)C2)nc1C(F)(F)F. The predicted octanol–water partition coefficient (Wildman–Crippen LogP) is 7.24. The van der Waals surface area contributed by atoms with Crippen LogP contribution < -0.4 is 2.89 Å². The number of unbranched alkanes of at least 4 members (excludes halogenated alkanes) is 3. The van der Waals surface area contributed by atoms with Gasteiger partial charge in [-0.3, -0.25) is 0 Å². The van der Waals surface area contributed by atoms with Gasteiger partial charge in [-0.05, 0) is 0 Å². The summed E-state index contributed by atoms with van der Waals surface area (Å²) in [6, 6.07) is 0. The summed E-state index contributed by atoms with van der Waals surface area (Å²) in [6.45, 7) is 8.21. The van der Waals surface area contributed by atoms with Crippen LogP contribution in [0.5, 0.6) is 0 Å². The molecule has 2 nitrogen and oxygen atoms in total. The molecule has 1 heterocycles. The summed E-state index contributed by atoms with van der Waals surface area (Å²) in [5.74, 6) is -0.0302. The second kappa shape index (κ2) is 10.7. The van der Waals surface area contributed by atoms with Crippen molar-refractivity contribution in [3.8, 4) is 0 Å². The van der Waals surface area contributed by atoms with Crippen molar-refractivity contribution in [3.63, 3.8) is 0 Å². The number of halogens is 3. The van der Waals surface area contributed by atoms with E-state index >= 15 is 0 Å². The summed E-state index contributed by atoms with van der Waals surface area (Å²) in [5.41, 5.74) is -1.33. The fourth-order valence-corrected chi connectivity index (χ4v) is 25.7. The van der Waals surface area contributed by atoms with E-state index in [1.807, 2.05) is 0 Å². The maximum absolute atomic E-state index is 14.1. The first-order chi connectivity index (χ1) is 13.6. The second-order valence-corrected chi connectivity index (χ2v) is 24.3. The minimum atomic E-state index is -4.38. The van der Waals surface area contributed by atoms with Crippen molar-refractivity contribution < 1.29 is 18.3 Å². The van der Waals surface area contributed by atoms with E-state index in [0.717, 1.165) is 58.3 Å². The molecule has 1 aliphatic carbocycles. The number of aliphatic hydroxyl groups is 1. The zero-order valence-corrected chi connectivity index (χ0v) is 22.2. The maximum atomic E-state index is 14.1. The Hall–Kier alpha value is 0.179. The summed E-state index contributed by atoms with van der Waals surface area (Å²) < 4.78 is 46.1. The molecule has 2 unspecified atom stereocenters. The average molecular weight is 540 g/mol. The van der Waals surface area contributed by atoms with Gasteiger partial charge in [-0.25, -0.2) is 0 Å². The summed E-state index contributed by atoms with van der Waals surface area (Å²) in [4.78, 5) is 4.25. The van der Waals surface area contributed by atoms with Crippen LogP contribution in [-0.4, -0.2) is 34.1 Å². The van der Waals surface area contributed by atoms with E-state index in [4.69, 9.17) is 0 Å². The molecule has 1 saturated carbocycles. The van der Waals surface area contributed by atoms with Gasteiger partial charge in [0, 0.05) is 0 Å². The minimum absolute atomic E-state index is 0.0302. The van der Waals surface area contributed by atoms with Crippen molar-refractivity contribution in [1.82, 2.24) is 4.98 Å². The number of hydrogen-bond donors (Lipinski definition) is 1. The topological polar surface area (TPSA) is 33.1 Å². The van der Waals surface area contributed by atoms with Crippen molar-refractivity contribution >= 4 is 32.6 Å². The van der Waals surface area contributed by atoms with Crippen molar-refractivity contribution in [2.24, 2.45) is 0 Å². The van der Waals surface area contributed by atoms with Gasteiger partial charge in [0.2, 0.25) is 0 Å². The Morgan fingerprint density at radius 2 is 1.59 bits per heavy atom. The van der Waals surface area contributed by atoms with Gasteiger partial charge in [-0.15, -0.1) is 0 Å². The third-order valence-corrected chi connectivity index (χ3v) is 25.9. The van der Waals surface area contributed by atoms with Gasteiger partial charge < -0.3 is 0 Å². The van der Waals surface area contributed by atoms with E-state index in [9.17, 15) is 18.3 Å². The molecule has 0 radical (unpaired) electrons. The van der Waals surface area contributed by atoms with Crippen LogP contribution in [0.25, 0.3) is 0 Å². The molecule has 0 amide bonds. The van der Waals surface area contributed by atoms with E-state index in [1.54, 1.807) is 6.92 Å². The van der Waals surface area contributed by atoms with Crippen LogP contribution in [0, 0.1) is 0 Å². The molecule has 0 aliphatic heterocycles. The summed E-state index contributed by atoms with van der Waals surface area (Å²) in [7, 11) is 0. The van der Waals surface area contributed by atoms with Crippen molar-refractivity contribution in [2.45, 2.75) is 116 Å². The summed E-state index contributed by atoms with van der Waals surface area (Å²) in [5, 5.41) is 11.0. The molecule has 1 aromatic heterocycles. The molecule has 2 atom stereocenters. The molecule has 0 aromatic carbocycles. The van der Waals surface area contributed by atoms with Crippen LogP contribution in [0.4, 0.5) is 13.2 Å². The molecule has 2 rings (SSSR count). The third-order valence-electron chi connectivity index (χ3n) is 6.49. The van der Waals surface area contributed by atoms with Gasteiger partial charge in [0.25, 0.3) is 0 Å². The number of alkyl halides is 3. The van der Waals surface area contributed by atoms with Crippen molar-refractivity contribution in [2.75, 3.05) is 0 Å². The van der Waals surface area contributed by atoms with Gasteiger partial charge in [0.05, 0.1) is 0 Å². The van der Waals surface area contributed by atoms with Crippen LogP contribution in [-0.2, 0) is 6.18 Å². The van der Waals surface area contributed by atoms with Gasteiger partial charge in [-0.2, -0.15) is 0 Å². The van der Waals surface area contributed by atoms with Crippen molar-refractivity contribution in [1.29, 1.82) is 0 Å². The first-order valence-corrected chi connectivity index (χ1v) is 19.7. The van der Waals surface area contributed by atoms with E-state index in [2.05, 4.69) is 25.8 Å². The van der Waals surface area contributed by atoms with Crippen molar-refractivity contribution in [3.05, 3.63) is 10.7 Å². The first-order valence-electron chi connectivity index (χ1n) is 11.4.